The molecule has 3 nitrogen and oxygen atoms in total. The largest absolute Gasteiger partial charge is 0.359 e. The van der Waals surface area contributed by atoms with E-state index in [0.29, 0.717) is 0 Å². The van der Waals surface area contributed by atoms with Crippen LogP contribution in [0.4, 0.5) is 0 Å². The van der Waals surface area contributed by atoms with Gasteiger partial charge >= 0.3 is 0 Å². The Balaban J connectivity index is 2.36. The summed E-state index contributed by atoms with van der Waals surface area (Å²) in [6.45, 7) is 9.21. The van der Waals surface area contributed by atoms with Gasteiger partial charge in [-0.05, 0) is 29.5 Å². The van der Waals surface area contributed by atoms with Crippen LogP contribution < -0.4 is 10.6 Å². The summed E-state index contributed by atoms with van der Waals surface area (Å²) >= 11 is 0. The third-order valence-electron chi connectivity index (χ3n) is 2.88. The molecule has 18 heavy (non-hydrogen) atoms. The number of rotatable bonds is 7. The van der Waals surface area contributed by atoms with Gasteiger partial charge in [0.25, 0.3) is 0 Å². The normalized spacial score (nSPS) is 11.3. The van der Waals surface area contributed by atoms with E-state index in [1.807, 2.05) is 0 Å². The molecule has 0 aliphatic heterocycles. The molecule has 0 radical (unpaired) electrons. The van der Waals surface area contributed by atoms with Gasteiger partial charge in [0.1, 0.15) is 0 Å². The summed E-state index contributed by atoms with van der Waals surface area (Å²) in [4.78, 5) is 10.1. The van der Waals surface area contributed by atoms with Gasteiger partial charge in [-0.15, -0.1) is 0 Å². The summed E-state index contributed by atoms with van der Waals surface area (Å²) in [5.74, 6) is 0. The third kappa shape index (κ3) is 5.32. The molecule has 0 aliphatic rings. The summed E-state index contributed by atoms with van der Waals surface area (Å²) in [7, 11) is 0. The lowest BCUT2D eigenvalue weighted by molar-refractivity contribution is -0.109. The van der Waals surface area contributed by atoms with Crippen molar-refractivity contribution in [3.63, 3.8) is 0 Å². The fourth-order valence-electron chi connectivity index (χ4n) is 1.75. The van der Waals surface area contributed by atoms with Gasteiger partial charge in [0, 0.05) is 13.1 Å². The molecule has 1 aromatic carbocycles. The molecule has 0 atom stereocenters. The second-order valence-corrected chi connectivity index (χ2v) is 5.55. The van der Waals surface area contributed by atoms with E-state index >= 15 is 0 Å². The fourth-order valence-corrected chi connectivity index (χ4v) is 1.75. The van der Waals surface area contributed by atoms with E-state index in [2.05, 4.69) is 55.7 Å². The molecule has 3 heteroatoms. The number of hydrogen-bond acceptors (Lipinski definition) is 2. The Morgan fingerprint density at radius 1 is 1.22 bits per heavy atom. The number of amides is 1. The maximum atomic E-state index is 10.1. The van der Waals surface area contributed by atoms with Gasteiger partial charge in [-0.2, -0.15) is 0 Å². The van der Waals surface area contributed by atoms with Crippen LogP contribution in [0.2, 0.25) is 0 Å². The minimum absolute atomic E-state index is 0.198. The van der Waals surface area contributed by atoms with Crippen LogP contribution in [-0.4, -0.2) is 19.5 Å². The lowest BCUT2D eigenvalue weighted by Crippen LogP contribution is -2.21. The van der Waals surface area contributed by atoms with E-state index in [1.165, 1.54) is 11.1 Å². The molecule has 0 bridgehead atoms. The summed E-state index contributed by atoms with van der Waals surface area (Å²) < 4.78 is 0. The van der Waals surface area contributed by atoms with Crippen LogP contribution in [0, 0.1) is 0 Å². The highest BCUT2D eigenvalue weighted by Crippen LogP contribution is 2.22. The van der Waals surface area contributed by atoms with E-state index in [1.54, 1.807) is 0 Å². The van der Waals surface area contributed by atoms with Crippen LogP contribution in [-0.2, 0) is 16.8 Å². The molecular formula is C15H24N2O. The molecule has 0 spiro atoms. The van der Waals surface area contributed by atoms with E-state index < -0.39 is 0 Å². The van der Waals surface area contributed by atoms with Crippen molar-refractivity contribution in [2.24, 2.45) is 0 Å². The first kappa shape index (κ1) is 14.7. The van der Waals surface area contributed by atoms with E-state index in [4.69, 9.17) is 0 Å². The Hall–Kier alpha value is -1.35. The summed E-state index contributed by atoms with van der Waals surface area (Å²) in [5.41, 5.74) is 2.87. The zero-order valence-corrected chi connectivity index (χ0v) is 11.6. The maximum absolute atomic E-state index is 10.1. The van der Waals surface area contributed by atoms with Crippen molar-refractivity contribution in [3.05, 3.63) is 35.4 Å². The van der Waals surface area contributed by atoms with Crippen molar-refractivity contribution < 1.29 is 4.79 Å². The highest BCUT2D eigenvalue weighted by Gasteiger charge is 2.13. The van der Waals surface area contributed by atoms with Crippen LogP contribution in [0.5, 0.6) is 0 Å². The lowest BCUT2D eigenvalue weighted by Gasteiger charge is -2.19. The number of hydrogen-bond donors (Lipinski definition) is 2. The molecule has 0 saturated heterocycles. The highest BCUT2D eigenvalue weighted by atomic mass is 16.1. The Morgan fingerprint density at radius 3 is 2.67 bits per heavy atom. The number of carbonyl (C=O) groups is 1. The minimum atomic E-state index is 0.198. The van der Waals surface area contributed by atoms with Crippen LogP contribution in [0.1, 0.15) is 38.3 Å². The predicted molar refractivity (Wildman–Crippen MR) is 75.5 cm³/mol. The average molecular weight is 248 g/mol. The van der Waals surface area contributed by atoms with Crippen LogP contribution in [0.15, 0.2) is 24.3 Å². The second-order valence-electron chi connectivity index (χ2n) is 5.55. The third-order valence-corrected chi connectivity index (χ3v) is 2.88. The summed E-state index contributed by atoms with van der Waals surface area (Å²) in [6.07, 6.45) is 1.70. The predicted octanol–water partition coefficient (Wildman–Crippen LogP) is 2.21. The molecule has 1 aromatic rings. The molecule has 0 aliphatic carbocycles. The van der Waals surface area contributed by atoms with Crippen molar-refractivity contribution in [2.45, 2.75) is 39.2 Å². The first-order valence-corrected chi connectivity index (χ1v) is 6.51. The van der Waals surface area contributed by atoms with Gasteiger partial charge in [0.15, 0.2) is 0 Å². The molecule has 1 amide bonds. The Labute approximate surface area is 110 Å². The first-order chi connectivity index (χ1) is 8.54. The average Bonchev–Trinajstić information content (AvgIpc) is 2.33. The van der Waals surface area contributed by atoms with Crippen molar-refractivity contribution in [1.82, 2.24) is 10.6 Å². The van der Waals surface area contributed by atoms with Gasteiger partial charge in [-0.3, -0.25) is 4.79 Å². The zero-order chi connectivity index (χ0) is 13.4. The van der Waals surface area contributed by atoms with Crippen molar-refractivity contribution in [2.75, 3.05) is 13.1 Å². The lowest BCUT2D eigenvalue weighted by atomic mass is 9.86. The molecule has 0 heterocycles. The molecule has 2 N–H and O–H groups in total. The SMILES string of the molecule is CC(C)(C)c1cccc(CNCCCNC=O)c1. The number of nitrogens with one attached hydrogen (secondary N) is 2. The Kier molecular flexibility index (Phi) is 5.86. The van der Waals surface area contributed by atoms with E-state index in [0.717, 1.165) is 32.5 Å². The molecule has 100 valence electrons. The van der Waals surface area contributed by atoms with Crippen molar-refractivity contribution in [3.8, 4) is 0 Å². The molecular weight excluding hydrogens is 224 g/mol. The highest BCUT2D eigenvalue weighted by molar-refractivity contribution is 5.45. The van der Waals surface area contributed by atoms with Crippen LogP contribution >= 0.6 is 0 Å². The first-order valence-electron chi connectivity index (χ1n) is 6.51. The summed E-state index contributed by atoms with van der Waals surface area (Å²) in [5, 5.41) is 6.04. The van der Waals surface area contributed by atoms with Gasteiger partial charge < -0.3 is 10.6 Å². The number of carbonyl (C=O) groups excluding carboxylic acids is 1. The van der Waals surface area contributed by atoms with Gasteiger partial charge in [0.2, 0.25) is 6.41 Å². The minimum Gasteiger partial charge on any atom is -0.359 e. The van der Waals surface area contributed by atoms with Crippen molar-refractivity contribution >= 4 is 6.41 Å². The van der Waals surface area contributed by atoms with E-state index in [9.17, 15) is 4.79 Å². The molecule has 0 unspecified atom stereocenters. The van der Waals surface area contributed by atoms with Gasteiger partial charge in [-0.25, -0.2) is 0 Å². The quantitative estimate of drug-likeness (QED) is 0.574. The monoisotopic (exact) mass is 248 g/mol. The molecule has 1 rings (SSSR count). The van der Waals surface area contributed by atoms with Gasteiger partial charge in [-0.1, -0.05) is 45.0 Å². The van der Waals surface area contributed by atoms with Crippen LogP contribution in [0.3, 0.4) is 0 Å². The molecule has 0 saturated carbocycles. The molecule has 0 fully saturated rings. The summed E-state index contributed by atoms with van der Waals surface area (Å²) in [6, 6.07) is 8.70. The Morgan fingerprint density at radius 2 is 2.00 bits per heavy atom. The number of benzene rings is 1. The second kappa shape index (κ2) is 7.17. The smallest absolute Gasteiger partial charge is 0.207 e. The maximum Gasteiger partial charge on any atom is 0.207 e. The van der Waals surface area contributed by atoms with Crippen LogP contribution in [0.25, 0.3) is 0 Å². The van der Waals surface area contributed by atoms with Gasteiger partial charge in [0.05, 0.1) is 0 Å². The van der Waals surface area contributed by atoms with Crippen molar-refractivity contribution in [1.29, 1.82) is 0 Å². The van der Waals surface area contributed by atoms with E-state index in [-0.39, 0.29) is 5.41 Å². The standard InChI is InChI=1S/C15H24N2O/c1-15(2,3)14-7-4-6-13(10-14)11-16-8-5-9-17-12-18/h4,6-7,10,12,16H,5,8-9,11H2,1-3H3,(H,17,18). The zero-order valence-electron chi connectivity index (χ0n) is 11.6. The Bertz CT molecular complexity index is 369. The fraction of sp³-hybridized carbons (Fsp3) is 0.533. The topological polar surface area (TPSA) is 41.1 Å². The molecule has 0 aromatic heterocycles.